The summed E-state index contributed by atoms with van der Waals surface area (Å²) in [5.41, 5.74) is 0.558. The molecule has 0 aliphatic carbocycles. The van der Waals surface area contributed by atoms with Gasteiger partial charge in [-0.05, 0) is 26.3 Å². The van der Waals surface area contributed by atoms with Crippen molar-refractivity contribution in [1.82, 2.24) is 0 Å². The summed E-state index contributed by atoms with van der Waals surface area (Å²) in [5, 5.41) is 0. The zero-order valence-electron chi connectivity index (χ0n) is 9.16. The molecule has 1 atom stereocenters. The van der Waals surface area contributed by atoms with Crippen LogP contribution in [0.2, 0.25) is 0 Å². The molecule has 0 bridgehead atoms. The SMILES string of the molecule is CC(C)(C)OC(=O)C(I)c1ccccc1. The maximum atomic E-state index is 11.7. The van der Waals surface area contributed by atoms with Gasteiger partial charge in [-0.15, -0.1) is 0 Å². The Kier molecular flexibility index (Phi) is 4.13. The van der Waals surface area contributed by atoms with E-state index in [1.165, 1.54) is 0 Å². The second-order valence-corrected chi connectivity index (χ2v) is 5.55. The number of benzene rings is 1. The van der Waals surface area contributed by atoms with Gasteiger partial charge >= 0.3 is 5.97 Å². The van der Waals surface area contributed by atoms with Crippen molar-refractivity contribution in [3.05, 3.63) is 35.9 Å². The van der Waals surface area contributed by atoms with Gasteiger partial charge in [-0.3, -0.25) is 4.79 Å². The first kappa shape index (κ1) is 12.5. The molecule has 0 N–H and O–H groups in total. The number of hydrogen-bond acceptors (Lipinski definition) is 2. The quantitative estimate of drug-likeness (QED) is 0.474. The number of hydrogen-bond donors (Lipinski definition) is 0. The van der Waals surface area contributed by atoms with Crippen molar-refractivity contribution in [3.8, 4) is 0 Å². The molecule has 15 heavy (non-hydrogen) atoms. The van der Waals surface area contributed by atoms with Crippen LogP contribution in [0.25, 0.3) is 0 Å². The van der Waals surface area contributed by atoms with Crippen molar-refractivity contribution < 1.29 is 9.53 Å². The second-order valence-electron chi connectivity index (χ2n) is 4.31. The van der Waals surface area contributed by atoms with Gasteiger partial charge in [-0.25, -0.2) is 0 Å². The normalized spacial score (nSPS) is 13.3. The lowest BCUT2D eigenvalue weighted by Gasteiger charge is -2.21. The smallest absolute Gasteiger partial charge is 0.323 e. The molecule has 3 heteroatoms. The van der Waals surface area contributed by atoms with Crippen molar-refractivity contribution in [1.29, 1.82) is 0 Å². The van der Waals surface area contributed by atoms with Gasteiger partial charge in [-0.1, -0.05) is 52.9 Å². The number of carbonyl (C=O) groups excluding carboxylic acids is 1. The Morgan fingerprint density at radius 2 is 1.80 bits per heavy atom. The molecule has 0 fully saturated rings. The summed E-state index contributed by atoms with van der Waals surface area (Å²) in [6.07, 6.45) is 0. The minimum Gasteiger partial charge on any atom is -0.459 e. The topological polar surface area (TPSA) is 26.3 Å². The maximum Gasteiger partial charge on any atom is 0.323 e. The van der Waals surface area contributed by atoms with E-state index in [1.807, 2.05) is 51.1 Å². The lowest BCUT2D eigenvalue weighted by atomic mass is 10.1. The Labute approximate surface area is 104 Å². The van der Waals surface area contributed by atoms with Gasteiger partial charge in [0.05, 0.1) is 0 Å². The molecule has 0 saturated heterocycles. The van der Waals surface area contributed by atoms with Gasteiger partial charge < -0.3 is 4.74 Å². The van der Waals surface area contributed by atoms with Gasteiger partial charge in [0.2, 0.25) is 0 Å². The van der Waals surface area contributed by atoms with Gasteiger partial charge in [0.15, 0.2) is 0 Å². The summed E-state index contributed by atoms with van der Waals surface area (Å²) in [4.78, 5) is 11.7. The summed E-state index contributed by atoms with van der Waals surface area (Å²) >= 11 is 2.10. The average molecular weight is 318 g/mol. The van der Waals surface area contributed by atoms with Crippen LogP contribution in [0.3, 0.4) is 0 Å². The molecule has 0 heterocycles. The van der Waals surface area contributed by atoms with E-state index in [9.17, 15) is 4.79 Å². The summed E-state index contributed by atoms with van der Waals surface area (Å²) < 4.78 is 5.07. The molecule has 1 aromatic rings. The first-order chi connectivity index (χ1) is 6.90. The number of rotatable bonds is 2. The molecule has 0 aliphatic rings. The Hall–Kier alpha value is -0.580. The van der Waals surface area contributed by atoms with Crippen molar-refractivity contribution in [2.75, 3.05) is 0 Å². The fourth-order valence-corrected chi connectivity index (χ4v) is 1.65. The summed E-state index contributed by atoms with van der Waals surface area (Å²) in [7, 11) is 0. The predicted molar refractivity (Wildman–Crippen MR) is 69.0 cm³/mol. The van der Waals surface area contributed by atoms with Crippen LogP contribution < -0.4 is 0 Å². The third kappa shape index (κ3) is 4.20. The Morgan fingerprint density at radius 3 is 2.27 bits per heavy atom. The molecular formula is C12H15IO2. The lowest BCUT2D eigenvalue weighted by molar-refractivity contribution is -0.153. The number of ether oxygens (including phenoxy) is 1. The van der Waals surface area contributed by atoms with E-state index < -0.39 is 5.60 Å². The van der Waals surface area contributed by atoms with Crippen LogP contribution in [0.1, 0.15) is 30.3 Å². The lowest BCUT2D eigenvalue weighted by Crippen LogP contribution is -2.25. The monoisotopic (exact) mass is 318 g/mol. The minimum atomic E-state index is -0.421. The van der Waals surface area contributed by atoms with Gasteiger partial charge in [0.25, 0.3) is 0 Å². The number of esters is 1. The Bertz CT molecular complexity index is 327. The van der Waals surface area contributed by atoms with Gasteiger partial charge in [-0.2, -0.15) is 0 Å². The highest BCUT2D eigenvalue weighted by molar-refractivity contribution is 14.1. The highest BCUT2D eigenvalue weighted by Crippen LogP contribution is 2.26. The van der Waals surface area contributed by atoms with Crippen molar-refractivity contribution >= 4 is 28.6 Å². The van der Waals surface area contributed by atoms with E-state index >= 15 is 0 Å². The van der Waals surface area contributed by atoms with E-state index in [0.717, 1.165) is 5.56 Å². The van der Waals surface area contributed by atoms with E-state index in [2.05, 4.69) is 22.6 Å². The summed E-state index contributed by atoms with van der Waals surface area (Å²) in [6.45, 7) is 5.62. The molecule has 82 valence electrons. The highest BCUT2D eigenvalue weighted by atomic mass is 127. The van der Waals surface area contributed by atoms with Crippen molar-refractivity contribution in [3.63, 3.8) is 0 Å². The zero-order valence-corrected chi connectivity index (χ0v) is 11.3. The first-order valence-electron chi connectivity index (χ1n) is 4.82. The first-order valence-corrected chi connectivity index (χ1v) is 6.06. The average Bonchev–Trinajstić information content (AvgIpc) is 2.15. The third-order valence-corrected chi connectivity index (χ3v) is 2.93. The third-order valence-electron chi connectivity index (χ3n) is 1.71. The zero-order chi connectivity index (χ0) is 11.5. The van der Waals surface area contributed by atoms with Crippen LogP contribution in [0.4, 0.5) is 0 Å². The van der Waals surface area contributed by atoms with Gasteiger partial charge in [0, 0.05) is 0 Å². The van der Waals surface area contributed by atoms with Crippen LogP contribution in [-0.2, 0) is 9.53 Å². The Balaban J connectivity index is 2.70. The molecule has 1 unspecified atom stereocenters. The van der Waals surface area contributed by atoms with Crippen molar-refractivity contribution in [2.45, 2.75) is 30.3 Å². The molecule has 0 aromatic heterocycles. The highest BCUT2D eigenvalue weighted by Gasteiger charge is 2.23. The van der Waals surface area contributed by atoms with Crippen LogP contribution in [0.5, 0.6) is 0 Å². The number of halogens is 1. The fourth-order valence-electron chi connectivity index (χ4n) is 1.11. The molecular weight excluding hydrogens is 303 g/mol. The van der Waals surface area contributed by atoms with Crippen LogP contribution in [0.15, 0.2) is 30.3 Å². The Morgan fingerprint density at radius 1 is 1.27 bits per heavy atom. The maximum absolute atomic E-state index is 11.7. The number of alkyl halides is 1. The molecule has 0 radical (unpaired) electrons. The summed E-state index contributed by atoms with van der Waals surface area (Å²) in [5.74, 6) is -0.186. The minimum absolute atomic E-state index is 0.186. The van der Waals surface area contributed by atoms with Crippen LogP contribution >= 0.6 is 22.6 Å². The molecule has 0 saturated carbocycles. The largest absolute Gasteiger partial charge is 0.459 e. The molecule has 1 rings (SSSR count). The van der Waals surface area contributed by atoms with Gasteiger partial charge in [0.1, 0.15) is 9.53 Å². The van der Waals surface area contributed by atoms with E-state index in [0.29, 0.717) is 0 Å². The summed E-state index contributed by atoms with van der Waals surface area (Å²) in [6, 6.07) is 9.64. The molecule has 1 aromatic carbocycles. The van der Waals surface area contributed by atoms with Crippen LogP contribution in [0, 0.1) is 0 Å². The molecule has 0 aliphatic heterocycles. The molecule has 0 spiro atoms. The van der Waals surface area contributed by atoms with Crippen molar-refractivity contribution in [2.24, 2.45) is 0 Å². The van der Waals surface area contributed by atoms with Crippen LogP contribution in [-0.4, -0.2) is 11.6 Å². The number of carbonyl (C=O) groups is 1. The standard InChI is InChI=1S/C12H15IO2/c1-12(2,3)15-11(14)10(13)9-7-5-4-6-8-9/h4-8,10H,1-3H3. The molecule has 2 nitrogen and oxygen atoms in total. The fraction of sp³-hybridized carbons (Fsp3) is 0.417. The predicted octanol–water partition coefficient (Wildman–Crippen LogP) is 3.50. The van der Waals surface area contributed by atoms with E-state index in [4.69, 9.17) is 4.74 Å². The molecule has 0 amide bonds. The second kappa shape index (κ2) is 4.96. The van der Waals surface area contributed by atoms with E-state index in [1.54, 1.807) is 0 Å². The van der Waals surface area contributed by atoms with E-state index in [-0.39, 0.29) is 9.89 Å².